The van der Waals surface area contributed by atoms with Crippen molar-refractivity contribution in [2.24, 2.45) is 0 Å². The summed E-state index contributed by atoms with van der Waals surface area (Å²) in [6.45, 7) is 15.9. The van der Waals surface area contributed by atoms with E-state index in [1.54, 1.807) is 0 Å². The van der Waals surface area contributed by atoms with Crippen molar-refractivity contribution in [3.8, 4) is 0 Å². The Labute approximate surface area is 160 Å². The van der Waals surface area contributed by atoms with Crippen LogP contribution in [0.3, 0.4) is 0 Å². The minimum atomic E-state index is -1.77. The first-order chi connectivity index (χ1) is 12.2. The number of alkyl carbamates (subject to hydrolysis) is 1. The molecule has 146 valence electrons. The van der Waals surface area contributed by atoms with E-state index in [9.17, 15) is 4.79 Å². The molecule has 1 atom stereocenters. The van der Waals surface area contributed by atoms with Crippen LogP contribution in [0.4, 0.5) is 4.79 Å². The molecule has 0 fully saturated rings. The van der Waals surface area contributed by atoms with Crippen LogP contribution in [0, 0.1) is 0 Å². The zero-order valence-corrected chi connectivity index (χ0v) is 18.0. The van der Waals surface area contributed by atoms with E-state index < -0.39 is 8.32 Å². The highest BCUT2D eigenvalue weighted by molar-refractivity contribution is 6.74. The summed E-state index contributed by atoms with van der Waals surface area (Å²) in [5, 5.41) is 3.16. The summed E-state index contributed by atoms with van der Waals surface area (Å²) in [5.74, 6) is 0. The van der Waals surface area contributed by atoms with Crippen molar-refractivity contribution in [3.63, 3.8) is 0 Å². The number of amides is 1. The van der Waals surface area contributed by atoms with E-state index in [1.807, 2.05) is 36.4 Å². The normalized spacial score (nSPS) is 13.1. The number of carbonyl (C=O) groups excluding carboxylic acids is 1. The highest BCUT2D eigenvalue weighted by Gasteiger charge is 2.37. The van der Waals surface area contributed by atoms with Crippen LogP contribution in [0.5, 0.6) is 0 Å². The summed E-state index contributed by atoms with van der Waals surface area (Å²) in [6, 6.07) is 9.71. The number of hydrogen-bond donors (Lipinski definition) is 1. The first-order valence-corrected chi connectivity index (χ1v) is 12.3. The van der Waals surface area contributed by atoms with Crippen LogP contribution in [0.1, 0.15) is 45.6 Å². The first kappa shape index (κ1) is 22.4. The maximum Gasteiger partial charge on any atom is 0.407 e. The van der Waals surface area contributed by atoms with Crippen LogP contribution in [-0.2, 0) is 15.8 Å². The van der Waals surface area contributed by atoms with E-state index in [1.165, 1.54) is 0 Å². The van der Waals surface area contributed by atoms with Crippen molar-refractivity contribution < 1.29 is 14.0 Å². The van der Waals surface area contributed by atoms with Gasteiger partial charge in [0.25, 0.3) is 0 Å². The van der Waals surface area contributed by atoms with Crippen LogP contribution in [0.15, 0.2) is 43.0 Å². The predicted molar refractivity (Wildman–Crippen MR) is 111 cm³/mol. The molecule has 4 nitrogen and oxygen atoms in total. The Morgan fingerprint density at radius 2 is 1.88 bits per heavy atom. The lowest BCUT2D eigenvalue weighted by Gasteiger charge is -2.36. The molecule has 1 unspecified atom stereocenters. The van der Waals surface area contributed by atoms with Gasteiger partial charge in [0.2, 0.25) is 0 Å². The molecule has 1 aromatic carbocycles. The SMILES string of the molecule is C=CCCC(CCO[Si](C)(C)C(C)(C)C)NC(=O)OCc1ccccc1. The first-order valence-electron chi connectivity index (χ1n) is 9.38. The molecule has 0 aliphatic carbocycles. The summed E-state index contributed by atoms with van der Waals surface area (Å²) >= 11 is 0. The molecule has 0 radical (unpaired) electrons. The molecular weight excluding hydrogens is 342 g/mol. The van der Waals surface area contributed by atoms with E-state index in [4.69, 9.17) is 9.16 Å². The minimum Gasteiger partial charge on any atom is -0.445 e. The molecule has 1 rings (SSSR count). The highest BCUT2D eigenvalue weighted by atomic mass is 28.4. The number of carbonyl (C=O) groups is 1. The third-order valence-electron chi connectivity index (χ3n) is 4.99. The van der Waals surface area contributed by atoms with E-state index in [0.29, 0.717) is 6.61 Å². The van der Waals surface area contributed by atoms with Gasteiger partial charge in [-0.15, -0.1) is 6.58 Å². The van der Waals surface area contributed by atoms with Crippen LogP contribution in [0.2, 0.25) is 18.1 Å². The van der Waals surface area contributed by atoms with Crippen LogP contribution in [-0.4, -0.2) is 27.1 Å². The lowest BCUT2D eigenvalue weighted by molar-refractivity contribution is 0.133. The smallest absolute Gasteiger partial charge is 0.407 e. The third kappa shape index (κ3) is 8.19. The van der Waals surface area contributed by atoms with Gasteiger partial charge < -0.3 is 14.5 Å². The Kier molecular flexibility index (Phi) is 9.09. The number of hydrogen-bond acceptors (Lipinski definition) is 3. The van der Waals surface area contributed by atoms with E-state index >= 15 is 0 Å². The molecule has 0 aliphatic rings. The van der Waals surface area contributed by atoms with E-state index in [0.717, 1.165) is 24.8 Å². The Balaban J connectivity index is 2.47. The topological polar surface area (TPSA) is 47.6 Å². The molecule has 1 N–H and O–H groups in total. The molecule has 0 saturated carbocycles. The van der Waals surface area contributed by atoms with E-state index in [2.05, 4.69) is 45.8 Å². The van der Waals surface area contributed by atoms with Crippen molar-refractivity contribution in [3.05, 3.63) is 48.6 Å². The van der Waals surface area contributed by atoms with Crippen molar-refractivity contribution in [2.75, 3.05) is 6.61 Å². The number of allylic oxidation sites excluding steroid dienone is 1. The fourth-order valence-electron chi connectivity index (χ4n) is 2.21. The Hall–Kier alpha value is -1.59. The van der Waals surface area contributed by atoms with Crippen molar-refractivity contribution in [2.45, 2.75) is 70.8 Å². The molecular formula is C21H35NO3Si. The summed E-state index contributed by atoms with van der Waals surface area (Å²) < 4.78 is 11.6. The zero-order chi connectivity index (χ0) is 19.6. The monoisotopic (exact) mass is 377 g/mol. The average molecular weight is 378 g/mol. The number of rotatable bonds is 10. The molecule has 26 heavy (non-hydrogen) atoms. The van der Waals surface area contributed by atoms with Gasteiger partial charge in [-0.3, -0.25) is 0 Å². The third-order valence-corrected chi connectivity index (χ3v) is 9.53. The molecule has 0 spiro atoms. The van der Waals surface area contributed by atoms with Gasteiger partial charge in [-0.25, -0.2) is 4.79 Å². The minimum absolute atomic E-state index is 0.0287. The number of nitrogens with one attached hydrogen (secondary N) is 1. The maximum atomic E-state index is 12.1. The summed E-state index contributed by atoms with van der Waals surface area (Å²) in [7, 11) is -1.77. The molecule has 0 saturated heterocycles. The lowest BCUT2D eigenvalue weighted by atomic mass is 10.1. The van der Waals surface area contributed by atoms with Crippen LogP contribution >= 0.6 is 0 Å². The van der Waals surface area contributed by atoms with Crippen molar-refractivity contribution >= 4 is 14.4 Å². The average Bonchev–Trinajstić information content (AvgIpc) is 2.57. The highest BCUT2D eigenvalue weighted by Crippen LogP contribution is 2.36. The van der Waals surface area contributed by atoms with Gasteiger partial charge in [0.1, 0.15) is 6.61 Å². The Morgan fingerprint density at radius 3 is 2.46 bits per heavy atom. The van der Waals surface area contributed by atoms with E-state index in [-0.39, 0.29) is 23.8 Å². The van der Waals surface area contributed by atoms with Crippen molar-refractivity contribution in [1.82, 2.24) is 5.32 Å². The summed E-state index contributed by atoms with van der Waals surface area (Å²) in [4.78, 5) is 12.1. The molecule has 0 aromatic heterocycles. The maximum absolute atomic E-state index is 12.1. The molecule has 1 aromatic rings. The molecule has 0 aliphatic heterocycles. The molecule has 5 heteroatoms. The van der Waals surface area contributed by atoms with Gasteiger partial charge in [-0.2, -0.15) is 0 Å². The quantitative estimate of drug-likeness (QED) is 0.423. The second kappa shape index (κ2) is 10.5. The predicted octanol–water partition coefficient (Wildman–Crippen LogP) is 5.66. The molecule has 0 bridgehead atoms. The Bertz CT molecular complexity index is 552. The largest absolute Gasteiger partial charge is 0.445 e. The van der Waals surface area contributed by atoms with Gasteiger partial charge in [0, 0.05) is 12.6 Å². The van der Waals surface area contributed by atoms with Gasteiger partial charge in [-0.1, -0.05) is 57.2 Å². The second-order valence-corrected chi connectivity index (χ2v) is 13.0. The van der Waals surface area contributed by atoms with Crippen LogP contribution in [0.25, 0.3) is 0 Å². The van der Waals surface area contributed by atoms with Crippen molar-refractivity contribution in [1.29, 1.82) is 0 Å². The lowest BCUT2D eigenvalue weighted by Crippen LogP contribution is -2.42. The van der Waals surface area contributed by atoms with Gasteiger partial charge >= 0.3 is 6.09 Å². The van der Waals surface area contributed by atoms with Crippen LogP contribution < -0.4 is 5.32 Å². The fraction of sp³-hybridized carbons (Fsp3) is 0.571. The standard InChI is InChI=1S/C21H35NO3Si/c1-7-8-14-19(15-16-25-26(5,6)21(2,3)4)22-20(23)24-17-18-12-10-9-11-13-18/h7,9-13,19H,1,8,14-17H2,2-6H3,(H,22,23). The summed E-state index contributed by atoms with van der Waals surface area (Å²) in [6.07, 6.45) is 3.96. The fourth-order valence-corrected chi connectivity index (χ4v) is 3.27. The summed E-state index contributed by atoms with van der Waals surface area (Å²) in [5.41, 5.74) is 0.978. The molecule has 0 heterocycles. The van der Waals surface area contributed by atoms with Gasteiger partial charge in [0.05, 0.1) is 0 Å². The Morgan fingerprint density at radius 1 is 1.23 bits per heavy atom. The molecule has 1 amide bonds. The number of benzene rings is 1. The second-order valence-electron chi connectivity index (χ2n) is 8.17. The zero-order valence-electron chi connectivity index (χ0n) is 17.0. The van der Waals surface area contributed by atoms with Gasteiger partial charge in [-0.05, 0) is 43.0 Å². The number of ether oxygens (including phenoxy) is 1. The van der Waals surface area contributed by atoms with Gasteiger partial charge in [0.15, 0.2) is 8.32 Å².